The largest absolute Gasteiger partial charge is 0.390 e. The van der Waals surface area contributed by atoms with Gasteiger partial charge in [-0.05, 0) is 43.2 Å². The van der Waals surface area contributed by atoms with Crippen LogP contribution in [0, 0.1) is 17.6 Å². The first-order valence-electron chi connectivity index (χ1n) is 7.14. The highest BCUT2D eigenvalue weighted by molar-refractivity contribution is 5.20. The lowest BCUT2D eigenvalue weighted by Gasteiger charge is -2.41. The van der Waals surface area contributed by atoms with E-state index in [1.807, 2.05) is 0 Å². The summed E-state index contributed by atoms with van der Waals surface area (Å²) < 4.78 is 32.5. The number of aliphatic hydroxyl groups is 1. The standard InChI is InChI=1S/C16H22F2O2/c1-11-6-8-16(20-2,9-7-11)14(19)10-12-4-3-5-13(17)15(12)18/h3-5,11,14,19H,6-10H2,1-2H3. The zero-order valence-electron chi connectivity index (χ0n) is 12.0. The number of rotatable bonds is 4. The number of ether oxygens (including phenoxy) is 1. The zero-order valence-corrected chi connectivity index (χ0v) is 12.0. The van der Waals surface area contributed by atoms with Crippen LogP contribution in [0.4, 0.5) is 8.78 Å². The average Bonchev–Trinajstić information content (AvgIpc) is 2.45. The molecule has 1 N–H and O–H groups in total. The van der Waals surface area contributed by atoms with Crippen LogP contribution >= 0.6 is 0 Å². The molecule has 0 saturated heterocycles. The molecule has 0 bridgehead atoms. The van der Waals surface area contributed by atoms with E-state index in [1.165, 1.54) is 12.1 Å². The van der Waals surface area contributed by atoms with Gasteiger partial charge in [-0.2, -0.15) is 0 Å². The Balaban J connectivity index is 2.13. The molecule has 1 aliphatic carbocycles. The molecule has 0 aliphatic heterocycles. The van der Waals surface area contributed by atoms with E-state index in [1.54, 1.807) is 7.11 Å². The van der Waals surface area contributed by atoms with E-state index in [0.29, 0.717) is 5.92 Å². The van der Waals surface area contributed by atoms with E-state index in [9.17, 15) is 13.9 Å². The lowest BCUT2D eigenvalue weighted by molar-refractivity contribution is -0.127. The zero-order chi connectivity index (χ0) is 14.8. The van der Waals surface area contributed by atoms with Crippen LogP contribution in [0.25, 0.3) is 0 Å². The molecule has 1 aromatic carbocycles. The molecule has 0 spiro atoms. The van der Waals surface area contributed by atoms with Crippen molar-refractivity contribution in [1.29, 1.82) is 0 Å². The molecule has 0 heterocycles. The van der Waals surface area contributed by atoms with Crippen molar-refractivity contribution in [2.24, 2.45) is 5.92 Å². The molecule has 2 nitrogen and oxygen atoms in total. The van der Waals surface area contributed by atoms with Crippen molar-refractivity contribution >= 4 is 0 Å². The number of benzene rings is 1. The van der Waals surface area contributed by atoms with Gasteiger partial charge in [-0.3, -0.25) is 0 Å². The van der Waals surface area contributed by atoms with Crippen LogP contribution in [0.3, 0.4) is 0 Å². The number of halogens is 2. The van der Waals surface area contributed by atoms with E-state index in [0.717, 1.165) is 31.7 Å². The highest BCUT2D eigenvalue weighted by atomic mass is 19.2. The van der Waals surface area contributed by atoms with Crippen molar-refractivity contribution in [2.75, 3.05) is 7.11 Å². The molecule has 1 fully saturated rings. The van der Waals surface area contributed by atoms with Crippen LogP contribution in [0.15, 0.2) is 18.2 Å². The summed E-state index contributed by atoms with van der Waals surface area (Å²) >= 11 is 0. The van der Waals surface area contributed by atoms with Crippen LogP contribution in [0.2, 0.25) is 0 Å². The minimum absolute atomic E-state index is 0.0752. The minimum atomic E-state index is -0.876. The smallest absolute Gasteiger partial charge is 0.162 e. The van der Waals surface area contributed by atoms with E-state index < -0.39 is 23.3 Å². The Morgan fingerprint density at radius 1 is 1.35 bits per heavy atom. The van der Waals surface area contributed by atoms with Gasteiger partial charge >= 0.3 is 0 Å². The summed E-state index contributed by atoms with van der Waals surface area (Å²) in [5.74, 6) is -1.13. The van der Waals surface area contributed by atoms with Crippen molar-refractivity contribution < 1.29 is 18.6 Å². The minimum Gasteiger partial charge on any atom is -0.390 e. The van der Waals surface area contributed by atoms with Crippen LogP contribution < -0.4 is 0 Å². The van der Waals surface area contributed by atoms with Crippen LogP contribution in [-0.4, -0.2) is 23.9 Å². The Morgan fingerprint density at radius 3 is 2.60 bits per heavy atom. The summed E-state index contributed by atoms with van der Waals surface area (Å²) in [7, 11) is 1.58. The summed E-state index contributed by atoms with van der Waals surface area (Å²) in [6.07, 6.45) is 2.72. The topological polar surface area (TPSA) is 29.5 Å². The van der Waals surface area contributed by atoms with Gasteiger partial charge in [-0.15, -0.1) is 0 Å². The first kappa shape index (κ1) is 15.4. The van der Waals surface area contributed by atoms with Gasteiger partial charge in [-0.25, -0.2) is 8.78 Å². The van der Waals surface area contributed by atoms with Crippen LogP contribution in [0.5, 0.6) is 0 Å². The van der Waals surface area contributed by atoms with Gasteiger partial charge in [-0.1, -0.05) is 19.1 Å². The van der Waals surface area contributed by atoms with Crippen LogP contribution in [-0.2, 0) is 11.2 Å². The van der Waals surface area contributed by atoms with Gasteiger partial charge in [0.2, 0.25) is 0 Å². The second kappa shape index (κ2) is 6.19. The van der Waals surface area contributed by atoms with Crippen molar-refractivity contribution in [3.63, 3.8) is 0 Å². The van der Waals surface area contributed by atoms with Gasteiger partial charge in [0.25, 0.3) is 0 Å². The fourth-order valence-corrected chi connectivity index (χ4v) is 3.02. The third kappa shape index (κ3) is 3.01. The Bertz CT molecular complexity index is 454. The number of hydrogen-bond acceptors (Lipinski definition) is 2. The molecule has 1 saturated carbocycles. The number of aliphatic hydroxyl groups excluding tert-OH is 1. The predicted octanol–water partition coefficient (Wildman–Crippen LogP) is 3.46. The summed E-state index contributed by atoms with van der Waals surface area (Å²) in [5.41, 5.74) is -0.432. The molecule has 0 amide bonds. The first-order chi connectivity index (χ1) is 9.48. The fourth-order valence-electron chi connectivity index (χ4n) is 3.02. The molecule has 4 heteroatoms. The lowest BCUT2D eigenvalue weighted by Crippen LogP contribution is -2.48. The average molecular weight is 284 g/mol. The number of hydrogen-bond donors (Lipinski definition) is 1. The van der Waals surface area contributed by atoms with Crippen LogP contribution in [0.1, 0.15) is 38.2 Å². The molecule has 1 aliphatic rings. The number of methoxy groups -OCH3 is 1. The normalized spacial score (nSPS) is 28.4. The highest BCUT2D eigenvalue weighted by Crippen LogP contribution is 2.38. The Hall–Kier alpha value is -1.00. The van der Waals surface area contributed by atoms with E-state index in [-0.39, 0.29) is 12.0 Å². The van der Waals surface area contributed by atoms with Crippen molar-refractivity contribution in [2.45, 2.75) is 50.7 Å². The Labute approximate surface area is 118 Å². The fraction of sp³-hybridized carbons (Fsp3) is 0.625. The van der Waals surface area contributed by atoms with Crippen molar-refractivity contribution in [3.05, 3.63) is 35.4 Å². The van der Waals surface area contributed by atoms with Gasteiger partial charge in [0.15, 0.2) is 11.6 Å². The molecule has 1 aromatic rings. The van der Waals surface area contributed by atoms with E-state index >= 15 is 0 Å². The maximum absolute atomic E-state index is 13.7. The van der Waals surface area contributed by atoms with E-state index in [4.69, 9.17) is 4.74 Å². The summed E-state index contributed by atoms with van der Waals surface area (Å²) in [5, 5.41) is 10.5. The SMILES string of the molecule is COC1(C(O)Cc2cccc(F)c2F)CCC(C)CC1. The summed E-state index contributed by atoms with van der Waals surface area (Å²) in [4.78, 5) is 0. The lowest BCUT2D eigenvalue weighted by atomic mass is 9.75. The molecule has 20 heavy (non-hydrogen) atoms. The molecular formula is C16H22F2O2. The van der Waals surface area contributed by atoms with Gasteiger partial charge in [0, 0.05) is 13.5 Å². The monoisotopic (exact) mass is 284 g/mol. The van der Waals surface area contributed by atoms with Gasteiger partial charge in [0.05, 0.1) is 11.7 Å². The van der Waals surface area contributed by atoms with Gasteiger partial charge < -0.3 is 9.84 Å². The third-order valence-electron chi connectivity index (χ3n) is 4.58. The second-order valence-electron chi connectivity index (χ2n) is 5.88. The molecule has 0 aromatic heterocycles. The summed E-state index contributed by atoms with van der Waals surface area (Å²) in [6, 6.07) is 4.05. The predicted molar refractivity (Wildman–Crippen MR) is 73.4 cm³/mol. The maximum Gasteiger partial charge on any atom is 0.162 e. The first-order valence-corrected chi connectivity index (χ1v) is 7.14. The third-order valence-corrected chi connectivity index (χ3v) is 4.58. The molecule has 1 atom stereocenters. The van der Waals surface area contributed by atoms with E-state index in [2.05, 4.69) is 6.92 Å². The Kier molecular flexibility index (Phi) is 4.76. The second-order valence-corrected chi connectivity index (χ2v) is 5.88. The molecule has 0 radical (unpaired) electrons. The van der Waals surface area contributed by atoms with Crippen molar-refractivity contribution in [1.82, 2.24) is 0 Å². The molecule has 112 valence electrons. The summed E-state index contributed by atoms with van der Waals surface area (Å²) in [6.45, 7) is 2.18. The molecule has 2 rings (SSSR count). The molecule has 1 unspecified atom stereocenters. The van der Waals surface area contributed by atoms with Gasteiger partial charge in [0.1, 0.15) is 0 Å². The van der Waals surface area contributed by atoms with Crippen molar-refractivity contribution in [3.8, 4) is 0 Å². The maximum atomic E-state index is 13.7. The quantitative estimate of drug-likeness (QED) is 0.917. The Morgan fingerprint density at radius 2 is 2.00 bits per heavy atom. The molecular weight excluding hydrogens is 262 g/mol. The highest BCUT2D eigenvalue weighted by Gasteiger charge is 2.41.